The third kappa shape index (κ3) is 3.61. The van der Waals surface area contributed by atoms with E-state index in [1.807, 2.05) is 6.92 Å². The molecule has 24 heavy (non-hydrogen) atoms. The molecule has 0 saturated carbocycles. The molecule has 0 aromatic heterocycles. The van der Waals surface area contributed by atoms with Crippen LogP contribution in [0.15, 0.2) is 23.1 Å². The van der Waals surface area contributed by atoms with Crippen molar-refractivity contribution >= 4 is 21.7 Å². The Morgan fingerprint density at radius 2 is 2.00 bits per heavy atom. The smallest absolute Gasteiger partial charge is 0.311 e. The quantitative estimate of drug-likeness (QED) is 0.893. The fraction of sp³-hybridized carbons (Fsp3) is 0.529. The Hall–Kier alpha value is -1.89. The number of aryl methyl sites for hydroxylation is 1. The number of carboxylic acids is 1. The van der Waals surface area contributed by atoms with E-state index in [4.69, 9.17) is 0 Å². The lowest BCUT2D eigenvalue weighted by molar-refractivity contribution is -0.150. The summed E-state index contributed by atoms with van der Waals surface area (Å²) in [6.45, 7) is 4.10. The molecule has 1 atom stereocenters. The van der Waals surface area contributed by atoms with Gasteiger partial charge in [0.2, 0.25) is 0 Å². The minimum absolute atomic E-state index is 0.130. The molecule has 0 radical (unpaired) electrons. The van der Waals surface area contributed by atoms with Crippen molar-refractivity contribution in [2.45, 2.75) is 38.0 Å². The number of carboxylic acid groups (broad SMARTS) is 1. The second-order valence-electron chi connectivity index (χ2n) is 6.64. The number of sulfone groups is 1. The van der Waals surface area contributed by atoms with E-state index in [1.54, 1.807) is 19.1 Å². The lowest BCUT2D eigenvalue weighted by Crippen LogP contribution is -2.48. The van der Waals surface area contributed by atoms with Crippen LogP contribution in [0.2, 0.25) is 0 Å². The zero-order chi connectivity index (χ0) is 18.1. The van der Waals surface area contributed by atoms with Crippen LogP contribution in [0.4, 0.5) is 0 Å². The third-order valence-electron chi connectivity index (χ3n) is 4.59. The van der Waals surface area contributed by atoms with Gasteiger partial charge in [0, 0.05) is 24.9 Å². The highest BCUT2D eigenvalue weighted by molar-refractivity contribution is 7.90. The lowest BCUT2D eigenvalue weighted by atomic mass is 9.82. The van der Waals surface area contributed by atoms with Crippen LogP contribution in [0.1, 0.15) is 42.6 Å². The van der Waals surface area contributed by atoms with Crippen molar-refractivity contribution in [3.8, 4) is 0 Å². The van der Waals surface area contributed by atoms with Crippen LogP contribution in [-0.2, 0) is 21.1 Å². The van der Waals surface area contributed by atoms with Crippen molar-refractivity contribution in [3.05, 3.63) is 29.3 Å². The SMILES string of the molecule is CCc1ccc(C(=O)N2CCCC(C)(C(=O)O)C2)cc1S(C)(=O)=O. The number of likely N-dealkylation sites (tertiary alicyclic amines) is 1. The molecule has 7 heteroatoms. The first-order chi connectivity index (χ1) is 11.1. The predicted molar refractivity (Wildman–Crippen MR) is 89.8 cm³/mol. The van der Waals surface area contributed by atoms with Crippen LogP contribution in [0.5, 0.6) is 0 Å². The molecule has 1 aromatic rings. The number of aliphatic carboxylic acids is 1. The molecule has 0 bridgehead atoms. The van der Waals surface area contributed by atoms with Gasteiger partial charge in [0.1, 0.15) is 0 Å². The number of amides is 1. The Balaban J connectivity index is 2.35. The van der Waals surface area contributed by atoms with E-state index >= 15 is 0 Å². The van der Waals surface area contributed by atoms with Gasteiger partial charge in [-0.15, -0.1) is 0 Å². The maximum Gasteiger partial charge on any atom is 0.311 e. The van der Waals surface area contributed by atoms with Crippen molar-refractivity contribution in [1.29, 1.82) is 0 Å². The largest absolute Gasteiger partial charge is 0.481 e. The zero-order valence-electron chi connectivity index (χ0n) is 14.2. The van der Waals surface area contributed by atoms with Crippen molar-refractivity contribution in [2.75, 3.05) is 19.3 Å². The summed E-state index contributed by atoms with van der Waals surface area (Å²) >= 11 is 0. The highest BCUT2D eigenvalue weighted by atomic mass is 32.2. The molecule has 0 spiro atoms. The summed E-state index contributed by atoms with van der Waals surface area (Å²) < 4.78 is 23.9. The molecular formula is C17H23NO5S. The number of benzene rings is 1. The molecular weight excluding hydrogens is 330 g/mol. The molecule has 2 rings (SSSR count). The average Bonchev–Trinajstić information content (AvgIpc) is 2.52. The van der Waals surface area contributed by atoms with Gasteiger partial charge in [-0.3, -0.25) is 9.59 Å². The molecule has 1 saturated heterocycles. The molecule has 132 valence electrons. The molecule has 1 aliphatic rings. The number of hydrogen-bond acceptors (Lipinski definition) is 4. The fourth-order valence-electron chi connectivity index (χ4n) is 3.09. The lowest BCUT2D eigenvalue weighted by Gasteiger charge is -2.37. The van der Waals surface area contributed by atoms with Gasteiger partial charge >= 0.3 is 5.97 Å². The summed E-state index contributed by atoms with van der Waals surface area (Å²) in [5.74, 6) is -1.24. The van der Waals surface area contributed by atoms with Crippen molar-refractivity contribution in [2.24, 2.45) is 5.41 Å². The fourth-order valence-corrected chi connectivity index (χ4v) is 4.12. The molecule has 1 aromatic carbocycles. The number of nitrogens with zero attached hydrogens (tertiary/aromatic N) is 1. The van der Waals surface area contributed by atoms with Gasteiger partial charge in [-0.1, -0.05) is 13.0 Å². The first-order valence-corrected chi connectivity index (χ1v) is 9.83. The minimum Gasteiger partial charge on any atom is -0.481 e. The van der Waals surface area contributed by atoms with E-state index in [9.17, 15) is 23.1 Å². The number of rotatable bonds is 4. The summed E-state index contributed by atoms with van der Waals surface area (Å²) in [5.41, 5.74) is -0.0120. The molecule has 1 heterocycles. The van der Waals surface area contributed by atoms with Gasteiger partial charge < -0.3 is 10.0 Å². The number of hydrogen-bond donors (Lipinski definition) is 1. The Labute approximate surface area is 142 Å². The normalized spacial score (nSPS) is 21.5. The van der Waals surface area contributed by atoms with Crippen LogP contribution in [-0.4, -0.2) is 49.6 Å². The van der Waals surface area contributed by atoms with Crippen LogP contribution in [0.3, 0.4) is 0 Å². The summed E-state index contributed by atoms with van der Waals surface area (Å²) in [4.78, 5) is 25.8. The van der Waals surface area contributed by atoms with E-state index in [0.29, 0.717) is 31.4 Å². The summed E-state index contributed by atoms with van der Waals surface area (Å²) in [6, 6.07) is 4.68. The average molecular weight is 353 g/mol. The van der Waals surface area contributed by atoms with Crippen LogP contribution in [0.25, 0.3) is 0 Å². The van der Waals surface area contributed by atoms with Crippen molar-refractivity contribution < 1.29 is 23.1 Å². The highest BCUT2D eigenvalue weighted by Crippen LogP contribution is 2.31. The maximum absolute atomic E-state index is 12.7. The van der Waals surface area contributed by atoms with Crippen LogP contribution in [0, 0.1) is 5.41 Å². The Bertz CT molecular complexity index is 771. The molecule has 1 fully saturated rings. The molecule has 1 amide bonds. The molecule has 1 aliphatic heterocycles. The first kappa shape index (κ1) is 18.4. The summed E-state index contributed by atoms with van der Waals surface area (Å²) in [5, 5.41) is 9.37. The van der Waals surface area contributed by atoms with Gasteiger partial charge in [-0.2, -0.15) is 0 Å². The number of carbonyl (C=O) groups is 2. The zero-order valence-corrected chi connectivity index (χ0v) is 15.0. The Morgan fingerprint density at radius 3 is 2.54 bits per heavy atom. The first-order valence-electron chi connectivity index (χ1n) is 7.94. The molecule has 6 nitrogen and oxygen atoms in total. The van der Waals surface area contributed by atoms with Gasteiger partial charge in [0.05, 0.1) is 10.3 Å². The van der Waals surface area contributed by atoms with E-state index in [-0.39, 0.29) is 22.9 Å². The van der Waals surface area contributed by atoms with Crippen molar-refractivity contribution in [1.82, 2.24) is 4.90 Å². The van der Waals surface area contributed by atoms with E-state index in [0.717, 1.165) is 6.26 Å². The topological polar surface area (TPSA) is 91.8 Å². The summed E-state index contributed by atoms with van der Waals surface area (Å²) in [7, 11) is -3.43. The second kappa shape index (κ2) is 6.55. The van der Waals surface area contributed by atoms with E-state index in [2.05, 4.69) is 0 Å². The highest BCUT2D eigenvalue weighted by Gasteiger charge is 2.39. The third-order valence-corrected chi connectivity index (χ3v) is 5.77. The second-order valence-corrected chi connectivity index (χ2v) is 8.63. The van der Waals surface area contributed by atoms with Gasteiger partial charge in [-0.05, 0) is 43.9 Å². The predicted octanol–water partition coefficient (Wildman–Crippen LogP) is 1.98. The standard InChI is InChI=1S/C17H23NO5S/c1-4-12-6-7-13(10-14(12)24(3,22)23)15(19)18-9-5-8-17(2,11-18)16(20)21/h6-7,10H,4-5,8-9,11H2,1-3H3,(H,20,21). The molecule has 1 N–H and O–H groups in total. The Morgan fingerprint density at radius 1 is 1.33 bits per heavy atom. The Kier molecular flexibility index (Phi) is 5.03. The van der Waals surface area contributed by atoms with E-state index < -0.39 is 21.2 Å². The van der Waals surface area contributed by atoms with Gasteiger partial charge in [0.15, 0.2) is 9.84 Å². The van der Waals surface area contributed by atoms with Crippen LogP contribution >= 0.6 is 0 Å². The maximum atomic E-state index is 12.7. The van der Waals surface area contributed by atoms with Gasteiger partial charge in [0.25, 0.3) is 5.91 Å². The van der Waals surface area contributed by atoms with Gasteiger partial charge in [-0.25, -0.2) is 8.42 Å². The molecule has 1 unspecified atom stereocenters. The van der Waals surface area contributed by atoms with Crippen LogP contribution < -0.4 is 0 Å². The minimum atomic E-state index is -3.43. The van der Waals surface area contributed by atoms with E-state index in [1.165, 1.54) is 11.0 Å². The molecule has 0 aliphatic carbocycles. The summed E-state index contributed by atoms with van der Waals surface area (Å²) in [6.07, 6.45) is 2.81. The number of piperidine rings is 1. The number of carbonyl (C=O) groups excluding carboxylic acids is 1. The van der Waals surface area contributed by atoms with Crippen molar-refractivity contribution in [3.63, 3.8) is 0 Å². The monoisotopic (exact) mass is 353 g/mol.